The molecule has 0 saturated carbocycles. The topological polar surface area (TPSA) is 146 Å². The van der Waals surface area contributed by atoms with E-state index in [1.165, 1.54) is 10.6 Å². The van der Waals surface area contributed by atoms with Gasteiger partial charge in [0.05, 0.1) is 32.0 Å². The maximum atomic E-state index is 14.8. The minimum absolute atomic E-state index is 0.00711. The van der Waals surface area contributed by atoms with Crippen LogP contribution in [-0.2, 0) is 9.47 Å². The van der Waals surface area contributed by atoms with Gasteiger partial charge in [-0.15, -0.1) is 5.10 Å². The molecule has 14 heteroatoms. The normalized spacial score (nSPS) is 17.2. The zero-order chi connectivity index (χ0) is 29.0. The van der Waals surface area contributed by atoms with Crippen LogP contribution in [0, 0.1) is 5.82 Å². The van der Waals surface area contributed by atoms with Crippen molar-refractivity contribution in [2.24, 2.45) is 0 Å². The zero-order valence-electron chi connectivity index (χ0n) is 22.8. The molecule has 0 radical (unpaired) electrons. The Labute approximate surface area is 229 Å². The highest BCUT2D eigenvalue weighted by molar-refractivity contribution is 6.00. The Morgan fingerprint density at radius 1 is 1.30 bits per heavy atom. The molecule has 0 aromatic carbocycles. The van der Waals surface area contributed by atoms with Gasteiger partial charge in [-0.1, -0.05) is 0 Å². The standard InChI is InChI=1S/C26H33F2N7O5/c1-5-38-24(36)20-21(29)33-35-9-7-19(32-22(20)35)34-14-16(28)12-18(34)17-11-15(27)13-31-23(17)39-10-6-8-30-25(37)40-26(2,3)4/h7,9,11,13,16,18H,5-6,8,10,12,14H2,1-4H3,(H2,29,33)(H,30,37)/t16-,18+/m0/s1. The summed E-state index contributed by atoms with van der Waals surface area (Å²) in [6, 6.07) is 2.21. The first-order chi connectivity index (χ1) is 19.0. The minimum Gasteiger partial charge on any atom is -0.477 e. The number of hydrogen-bond donors (Lipinski definition) is 2. The number of rotatable bonds is 9. The summed E-state index contributed by atoms with van der Waals surface area (Å²) in [5.41, 5.74) is 5.83. The molecule has 12 nitrogen and oxygen atoms in total. The molecule has 1 aliphatic heterocycles. The van der Waals surface area contributed by atoms with Crippen LogP contribution in [0.15, 0.2) is 24.5 Å². The summed E-state index contributed by atoms with van der Waals surface area (Å²) in [6.45, 7) is 7.53. The third kappa shape index (κ3) is 6.66. The number of carbonyl (C=O) groups excluding carboxylic acids is 2. The molecule has 40 heavy (non-hydrogen) atoms. The minimum atomic E-state index is -1.24. The van der Waals surface area contributed by atoms with Crippen LogP contribution in [-0.4, -0.2) is 69.7 Å². The van der Waals surface area contributed by atoms with E-state index in [1.54, 1.807) is 44.9 Å². The maximum Gasteiger partial charge on any atom is 0.407 e. The highest BCUT2D eigenvalue weighted by Crippen LogP contribution is 2.40. The second kappa shape index (κ2) is 11.9. The fraction of sp³-hybridized carbons (Fsp3) is 0.500. The lowest BCUT2D eigenvalue weighted by atomic mass is 10.1. The number of halogens is 2. The van der Waals surface area contributed by atoms with Crippen LogP contribution in [0.4, 0.5) is 25.2 Å². The third-order valence-electron chi connectivity index (χ3n) is 5.95. The van der Waals surface area contributed by atoms with Gasteiger partial charge in [-0.25, -0.2) is 32.9 Å². The molecule has 3 aromatic heterocycles. The number of amides is 1. The Bertz CT molecular complexity index is 1380. The van der Waals surface area contributed by atoms with Crippen molar-refractivity contribution in [3.05, 3.63) is 41.5 Å². The number of ether oxygens (including phenoxy) is 3. The number of nitrogens with zero attached hydrogens (tertiary/aromatic N) is 5. The van der Waals surface area contributed by atoms with Gasteiger partial charge in [0.15, 0.2) is 11.5 Å². The number of alkyl carbamates (subject to hydrolysis) is 1. The molecule has 2 atom stereocenters. The highest BCUT2D eigenvalue weighted by atomic mass is 19.1. The van der Waals surface area contributed by atoms with Gasteiger partial charge < -0.3 is 30.2 Å². The first kappa shape index (κ1) is 28.8. The summed E-state index contributed by atoms with van der Waals surface area (Å²) in [5.74, 6) is -0.847. The zero-order valence-corrected chi connectivity index (χ0v) is 22.8. The van der Waals surface area contributed by atoms with Crippen molar-refractivity contribution in [2.75, 3.05) is 36.9 Å². The third-order valence-corrected chi connectivity index (χ3v) is 5.95. The Morgan fingerprint density at radius 3 is 2.80 bits per heavy atom. The van der Waals surface area contributed by atoms with Gasteiger partial charge in [-0.3, -0.25) is 0 Å². The maximum absolute atomic E-state index is 14.8. The average molecular weight is 562 g/mol. The van der Waals surface area contributed by atoms with Crippen molar-refractivity contribution < 1.29 is 32.6 Å². The van der Waals surface area contributed by atoms with Gasteiger partial charge in [0.1, 0.15) is 29.0 Å². The van der Waals surface area contributed by atoms with Crippen molar-refractivity contribution in [3.8, 4) is 5.88 Å². The molecule has 0 aliphatic carbocycles. The first-order valence-corrected chi connectivity index (χ1v) is 12.9. The van der Waals surface area contributed by atoms with Gasteiger partial charge in [0.25, 0.3) is 0 Å². The average Bonchev–Trinajstić information content (AvgIpc) is 3.42. The summed E-state index contributed by atoms with van der Waals surface area (Å²) in [6.07, 6.45) is 1.26. The number of anilines is 2. The monoisotopic (exact) mass is 561 g/mol. The van der Waals surface area contributed by atoms with E-state index in [2.05, 4.69) is 20.4 Å². The van der Waals surface area contributed by atoms with Crippen LogP contribution >= 0.6 is 0 Å². The van der Waals surface area contributed by atoms with Crippen LogP contribution in [0.2, 0.25) is 0 Å². The lowest BCUT2D eigenvalue weighted by Gasteiger charge is -2.26. The molecule has 0 unspecified atom stereocenters. The molecule has 1 fully saturated rings. The second-order valence-electron chi connectivity index (χ2n) is 10.2. The fourth-order valence-electron chi connectivity index (χ4n) is 4.38. The van der Waals surface area contributed by atoms with E-state index in [-0.39, 0.29) is 55.6 Å². The molecule has 3 N–H and O–H groups in total. The number of fused-ring (bicyclic) bond motifs is 1. The SMILES string of the molecule is CCOC(=O)c1c(N)nn2ccc(N3C[C@@H](F)C[C@@H]3c3cc(F)cnc3OCCCNC(=O)OC(C)(C)C)nc12. The van der Waals surface area contributed by atoms with E-state index in [0.29, 0.717) is 17.8 Å². The van der Waals surface area contributed by atoms with E-state index in [4.69, 9.17) is 19.9 Å². The van der Waals surface area contributed by atoms with Crippen molar-refractivity contribution >= 4 is 29.3 Å². The Hall–Kier alpha value is -4.23. The van der Waals surface area contributed by atoms with Crippen LogP contribution in [0.5, 0.6) is 5.88 Å². The first-order valence-electron chi connectivity index (χ1n) is 12.9. The van der Waals surface area contributed by atoms with Crippen LogP contribution in [0.25, 0.3) is 5.65 Å². The summed E-state index contributed by atoms with van der Waals surface area (Å²) in [5, 5.41) is 6.74. The highest BCUT2D eigenvalue weighted by Gasteiger charge is 2.37. The predicted octanol–water partition coefficient (Wildman–Crippen LogP) is 3.61. The van der Waals surface area contributed by atoms with Crippen molar-refractivity contribution in [1.82, 2.24) is 24.9 Å². The number of alkyl halides is 1. The summed E-state index contributed by atoms with van der Waals surface area (Å²) in [7, 11) is 0. The molecule has 4 heterocycles. The number of aromatic nitrogens is 4. The van der Waals surface area contributed by atoms with Gasteiger partial charge in [0, 0.05) is 24.7 Å². The molecule has 1 saturated heterocycles. The summed E-state index contributed by atoms with van der Waals surface area (Å²) < 4.78 is 46.6. The Kier molecular flexibility index (Phi) is 8.55. The van der Waals surface area contributed by atoms with Crippen LogP contribution in [0.3, 0.4) is 0 Å². The number of nitrogens with one attached hydrogen (secondary N) is 1. The summed E-state index contributed by atoms with van der Waals surface area (Å²) in [4.78, 5) is 34.6. The second-order valence-corrected chi connectivity index (χ2v) is 10.2. The molecule has 1 amide bonds. The number of nitrogens with two attached hydrogens (primary N) is 1. The van der Waals surface area contributed by atoms with E-state index >= 15 is 0 Å². The molecule has 3 aromatic rings. The van der Waals surface area contributed by atoms with Crippen molar-refractivity contribution in [1.29, 1.82) is 0 Å². The predicted molar refractivity (Wildman–Crippen MR) is 141 cm³/mol. The lowest BCUT2D eigenvalue weighted by Crippen LogP contribution is -2.33. The van der Waals surface area contributed by atoms with Gasteiger partial charge >= 0.3 is 12.1 Å². The van der Waals surface area contributed by atoms with E-state index in [1.807, 2.05) is 0 Å². The van der Waals surface area contributed by atoms with Gasteiger partial charge in [-0.05, 0) is 46.2 Å². The van der Waals surface area contributed by atoms with Gasteiger partial charge in [0.2, 0.25) is 5.88 Å². The van der Waals surface area contributed by atoms with Gasteiger partial charge in [-0.2, -0.15) is 0 Å². The van der Waals surface area contributed by atoms with E-state index in [9.17, 15) is 18.4 Å². The lowest BCUT2D eigenvalue weighted by molar-refractivity contribution is 0.0516. The number of carbonyl (C=O) groups is 2. The van der Waals surface area contributed by atoms with Crippen molar-refractivity contribution in [3.63, 3.8) is 0 Å². The molecular weight excluding hydrogens is 528 g/mol. The fourth-order valence-corrected chi connectivity index (χ4v) is 4.38. The number of pyridine rings is 1. The Balaban J connectivity index is 1.53. The van der Waals surface area contributed by atoms with E-state index < -0.39 is 35.7 Å². The van der Waals surface area contributed by atoms with Crippen LogP contribution in [0.1, 0.15) is 62.5 Å². The molecule has 4 rings (SSSR count). The number of hydrogen-bond acceptors (Lipinski definition) is 10. The Morgan fingerprint density at radius 2 is 2.08 bits per heavy atom. The largest absolute Gasteiger partial charge is 0.477 e. The molecule has 1 aliphatic rings. The summed E-state index contributed by atoms with van der Waals surface area (Å²) >= 11 is 0. The molecule has 0 bridgehead atoms. The molecule has 216 valence electrons. The molecule has 0 spiro atoms. The smallest absolute Gasteiger partial charge is 0.407 e. The molecular formula is C26H33F2N7O5. The van der Waals surface area contributed by atoms with Crippen LogP contribution < -0.4 is 20.7 Å². The van der Waals surface area contributed by atoms with E-state index in [0.717, 1.165) is 6.20 Å². The quantitative estimate of drug-likeness (QED) is 0.293. The van der Waals surface area contributed by atoms with Crippen molar-refractivity contribution in [2.45, 2.75) is 58.4 Å². The number of esters is 1. The number of nitrogen functional groups attached to an aromatic ring is 1.